The zero-order chi connectivity index (χ0) is 20.5. The van der Waals surface area contributed by atoms with Crippen molar-refractivity contribution in [3.63, 3.8) is 0 Å². The molecule has 0 aliphatic rings. The Bertz CT molecular complexity index is 1050. The van der Waals surface area contributed by atoms with Crippen molar-refractivity contribution >= 4 is 10.0 Å². The molecule has 0 spiro atoms. The molecule has 1 aromatic carbocycles. The monoisotopic (exact) mass is 406 g/mol. The number of hydrogen-bond acceptors (Lipinski definition) is 7. The van der Waals surface area contributed by atoms with Crippen LogP contribution < -0.4 is 14.2 Å². The van der Waals surface area contributed by atoms with Crippen molar-refractivity contribution in [3.8, 4) is 11.5 Å². The van der Waals surface area contributed by atoms with Gasteiger partial charge in [-0.3, -0.25) is 0 Å². The molecule has 0 radical (unpaired) electrons. The van der Waals surface area contributed by atoms with Crippen molar-refractivity contribution in [3.05, 3.63) is 53.4 Å². The lowest BCUT2D eigenvalue weighted by Crippen LogP contribution is -2.31. The highest BCUT2D eigenvalue weighted by Gasteiger charge is 2.30. The maximum absolute atomic E-state index is 13.1. The third-order valence-electron chi connectivity index (χ3n) is 4.33. The van der Waals surface area contributed by atoms with E-state index in [0.29, 0.717) is 22.9 Å². The molecule has 3 rings (SSSR count). The predicted molar refractivity (Wildman–Crippen MR) is 101 cm³/mol. The molecule has 10 heteroatoms. The van der Waals surface area contributed by atoms with Gasteiger partial charge in [-0.1, -0.05) is 5.16 Å². The lowest BCUT2D eigenvalue weighted by molar-refractivity contribution is 0.390. The summed E-state index contributed by atoms with van der Waals surface area (Å²) in [7, 11) is 0.900. The predicted octanol–water partition coefficient (Wildman–Crippen LogP) is 2.11. The number of aryl methyl sites for hydroxylation is 3. The zero-order valence-electron chi connectivity index (χ0n) is 16.3. The highest BCUT2D eigenvalue weighted by Crippen LogP contribution is 2.31. The second-order valence-corrected chi connectivity index (χ2v) is 7.90. The van der Waals surface area contributed by atoms with Crippen molar-refractivity contribution in [1.82, 2.24) is 19.4 Å². The van der Waals surface area contributed by atoms with Gasteiger partial charge in [0.2, 0.25) is 10.0 Å². The smallest absolute Gasteiger partial charge is 0.246 e. The van der Waals surface area contributed by atoms with E-state index in [1.807, 2.05) is 0 Å². The number of methoxy groups -OCH3 is 2. The number of sulfonamides is 1. The normalized spacial score (nSPS) is 12.8. The maximum Gasteiger partial charge on any atom is 0.246 e. The molecule has 28 heavy (non-hydrogen) atoms. The van der Waals surface area contributed by atoms with E-state index in [1.165, 1.54) is 14.2 Å². The molecule has 0 bridgehead atoms. The van der Waals surface area contributed by atoms with Gasteiger partial charge in [0, 0.05) is 25.5 Å². The Hall–Kier alpha value is -2.85. The van der Waals surface area contributed by atoms with Gasteiger partial charge in [-0.25, -0.2) is 13.4 Å². The van der Waals surface area contributed by atoms with Gasteiger partial charge >= 0.3 is 0 Å². The van der Waals surface area contributed by atoms with Crippen LogP contribution in [0.3, 0.4) is 0 Å². The first-order valence-electron chi connectivity index (χ1n) is 8.42. The Morgan fingerprint density at radius 1 is 1.14 bits per heavy atom. The molecule has 3 aromatic rings. The fraction of sp³-hybridized carbons (Fsp3) is 0.333. The highest BCUT2D eigenvalue weighted by molar-refractivity contribution is 7.89. The summed E-state index contributed by atoms with van der Waals surface area (Å²) in [6, 6.07) is 4.39. The molecule has 9 nitrogen and oxygen atoms in total. The molecule has 150 valence electrons. The third-order valence-corrected chi connectivity index (χ3v) is 6.00. The van der Waals surface area contributed by atoms with Crippen molar-refractivity contribution in [2.75, 3.05) is 14.2 Å². The summed E-state index contributed by atoms with van der Waals surface area (Å²) in [6.45, 7) is 3.13. The molecule has 0 saturated carbocycles. The molecule has 2 heterocycles. The van der Waals surface area contributed by atoms with Crippen LogP contribution in [0.5, 0.6) is 11.5 Å². The van der Waals surface area contributed by atoms with Crippen LogP contribution in [-0.4, -0.2) is 37.3 Å². The van der Waals surface area contributed by atoms with E-state index in [4.69, 9.17) is 14.0 Å². The Balaban J connectivity index is 2.13. The first kappa shape index (κ1) is 19.9. The molecular weight excluding hydrogens is 384 g/mol. The van der Waals surface area contributed by atoms with E-state index in [9.17, 15) is 8.42 Å². The maximum atomic E-state index is 13.1. The van der Waals surface area contributed by atoms with Crippen LogP contribution in [0, 0.1) is 13.8 Å². The summed E-state index contributed by atoms with van der Waals surface area (Å²) in [4.78, 5) is 4.34. The Kier molecular flexibility index (Phi) is 5.43. The average Bonchev–Trinajstić information content (AvgIpc) is 3.24. The lowest BCUT2D eigenvalue weighted by atomic mass is 10.1. The van der Waals surface area contributed by atoms with E-state index in [2.05, 4.69) is 14.9 Å². The minimum Gasteiger partial charge on any atom is -0.497 e. The summed E-state index contributed by atoms with van der Waals surface area (Å²) in [5, 5.41) is 3.74. The zero-order valence-corrected chi connectivity index (χ0v) is 17.1. The van der Waals surface area contributed by atoms with Crippen LogP contribution >= 0.6 is 0 Å². The topological polar surface area (TPSA) is 108 Å². The van der Waals surface area contributed by atoms with Crippen LogP contribution in [0.15, 0.2) is 40.0 Å². The van der Waals surface area contributed by atoms with E-state index in [1.54, 1.807) is 56.1 Å². The summed E-state index contributed by atoms with van der Waals surface area (Å²) >= 11 is 0. The summed E-state index contributed by atoms with van der Waals surface area (Å²) in [6.07, 6.45) is 3.34. The number of benzene rings is 1. The van der Waals surface area contributed by atoms with Gasteiger partial charge < -0.3 is 18.6 Å². The van der Waals surface area contributed by atoms with E-state index in [0.717, 1.165) is 0 Å². The molecule has 0 saturated heterocycles. The summed E-state index contributed by atoms with van der Waals surface area (Å²) < 4.78 is 46.4. The van der Waals surface area contributed by atoms with E-state index >= 15 is 0 Å². The van der Waals surface area contributed by atoms with Crippen LogP contribution in [0.25, 0.3) is 0 Å². The van der Waals surface area contributed by atoms with Crippen LogP contribution in [0.4, 0.5) is 0 Å². The molecule has 0 aliphatic heterocycles. The molecule has 1 N–H and O–H groups in total. The van der Waals surface area contributed by atoms with Crippen molar-refractivity contribution in [1.29, 1.82) is 0 Å². The highest BCUT2D eigenvalue weighted by atomic mass is 32.2. The third kappa shape index (κ3) is 3.73. The second kappa shape index (κ2) is 7.64. The SMILES string of the molecule is COc1cc(OC)cc([C@H](NS(=O)(=O)c2c(C)noc2C)c2nccn2C)c1. The van der Waals surface area contributed by atoms with Crippen LogP contribution in [0.1, 0.15) is 28.9 Å². The number of hydrogen-bond donors (Lipinski definition) is 1. The number of nitrogens with zero attached hydrogens (tertiary/aromatic N) is 3. The number of nitrogens with one attached hydrogen (secondary N) is 1. The van der Waals surface area contributed by atoms with Crippen molar-refractivity contribution in [2.45, 2.75) is 24.8 Å². The van der Waals surface area contributed by atoms with Crippen LogP contribution in [-0.2, 0) is 17.1 Å². The van der Waals surface area contributed by atoms with Gasteiger partial charge in [-0.15, -0.1) is 0 Å². The number of imidazole rings is 1. The fourth-order valence-electron chi connectivity index (χ4n) is 2.99. The van der Waals surface area contributed by atoms with Crippen molar-refractivity contribution < 1.29 is 22.4 Å². The Labute approximate surface area is 163 Å². The molecule has 0 fully saturated rings. The number of ether oxygens (including phenoxy) is 2. The fourth-order valence-corrected chi connectivity index (χ4v) is 4.51. The van der Waals surface area contributed by atoms with Crippen LogP contribution in [0.2, 0.25) is 0 Å². The molecular formula is C18H22N4O5S. The quantitative estimate of drug-likeness (QED) is 0.640. The first-order chi connectivity index (χ1) is 13.3. The molecule has 0 aliphatic carbocycles. The second-order valence-electron chi connectivity index (χ2n) is 6.25. The van der Waals surface area contributed by atoms with Gasteiger partial charge in [-0.2, -0.15) is 4.72 Å². The van der Waals surface area contributed by atoms with Gasteiger partial charge in [0.25, 0.3) is 0 Å². The first-order valence-corrected chi connectivity index (χ1v) is 9.90. The average molecular weight is 406 g/mol. The lowest BCUT2D eigenvalue weighted by Gasteiger charge is -2.20. The number of rotatable bonds is 7. The Morgan fingerprint density at radius 2 is 1.79 bits per heavy atom. The van der Waals surface area contributed by atoms with Gasteiger partial charge in [0.1, 0.15) is 34.0 Å². The standard InChI is InChI=1S/C18H22N4O5S/c1-11-17(12(2)27-20-11)28(23,24)21-16(18-19-6-7-22(18)3)13-8-14(25-4)10-15(9-13)26-5/h6-10,16,21H,1-5H3/t16-/m0/s1. The van der Waals surface area contributed by atoms with E-state index in [-0.39, 0.29) is 16.3 Å². The molecule has 1 atom stereocenters. The minimum absolute atomic E-state index is 0.0153. The molecule has 2 aromatic heterocycles. The van der Waals surface area contributed by atoms with Gasteiger partial charge in [0.15, 0.2) is 5.76 Å². The largest absolute Gasteiger partial charge is 0.497 e. The Morgan fingerprint density at radius 3 is 2.25 bits per heavy atom. The van der Waals surface area contributed by atoms with Gasteiger partial charge in [0.05, 0.1) is 14.2 Å². The summed E-state index contributed by atoms with van der Waals surface area (Å²) in [5.41, 5.74) is 0.896. The van der Waals surface area contributed by atoms with E-state index < -0.39 is 16.1 Å². The summed E-state index contributed by atoms with van der Waals surface area (Å²) in [5.74, 6) is 1.78. The minimum atomic E-state index is -3.95. The van der Waals surface area contributed by atoms with Gasteiger partial charge in [-0.05, 0) is 31.5 Å². The molecule has 0 amide bonds. The van der Waals surface area contributed by atoms with Crippen molar-refractivity contribution in [2.24, 2.45) is 7.05 Å². The number of aromatic nitrogens is 3. The molecule has 0 unspecified atom stereocenters.